The van der Waals surface area contributed by atoms with Crippen LogP contribution in [0.4, 0.5) is 15.9 Å². The molecule has 1 amide bonds. The highest BCUT2D eigenvalue weighted by molar-refractivity contribution is 6.09. The first kappa shape index (κ1) is 18.1. The number of piperazine rings is 1. The lowest BCUT2D eigenvalue weighted by atomic mass is 10.1. The van der Waals surface area contributed by atoms with E-state index in [2.05, 4.69) is 37.3 Å². The highest BCUT2D eigenvalue weighted by atomic mass is 19.1. The molecular formula is C20H21FN6O. The van der Waals surface area contributed by atoms with Crippen molar-refractivity contribution in [2.45, 2.75) is 0 Å². The number of H-pyrrole nitrogens is 1. The number of aromatic amines is 1. The Morgan fingerprint density at radius 1 is 1.07 bits per heavy atom. The lowest BCUT2D eigenvalue weighted by molar-refractivity contribution is 0.102. The number of benzene rings is 1. The molecule has 0 unspecified atom stereocenters. The van der Waals surface area contributed by atoms with Crippen molar-refractivity contribution in [3.8, 4) is 11.1 Å². The van der Waals surface area contributed by atoms with Gasteiger partial charge in [0.2, 0.25) is 0 Å². The zero-order valence-corrected chi connectivity index (χ0v) is 15.5. The van der Waals surface area contributed by atoms with Crippen LogP contribution < -0.4 is 10.2 Å². The molecule has 0 atom stereocenters. The van der Waals surface area contributed by atoms with E-state index in [0.29, 0.717) is 11.4 Å². The van der Waals surface area contributed by atoms with Crippen molar-refractivity contribution in [1.29, 1.82) is 0 Å². The number of carbonyl (C=O) groups excluding carboxylic acids is 1. The van der Waals surface area contributed by atoms with Crippen LogP contribution in [0.25, 0.3) is 11.1 Å². The van der Waals surface area contributed by atoms with Gasteiger partial charge < -0.3 is 15.1 Å². The van der Waals surface area contributed by atoms with Crippen LogP contribution in [-0.2, 0) is 0 Å². The van der Waals surface area contributed by atoms with Gasteiger partial charge in [-0.2, -0.15) is 5.10 Å². The molecule has 0 aliphatic carbocycles. The lowest BCUT2D eigenvalue weighted by Crippen LogP contribution is -2.44. The Morgan fingerprint density at radius 2 is 1.75 bits per heavy atom. The monoisotopic (exact) mass is 380 g/mol. The first-order valence-electron chi connectivity index (χ1n) is 9.11. The minimum Gasteiger partial charge on any atom is -0.352 e. The Morgan fingerprint density at radius 3 is 2.43 bits per heavy atom. The van der Waals surface area contributed by atoms with Crippen molar-refractivity contribution in [2.24, 2.45) is 0 Å². The number of halogens is 1. The largest absolute Gasteiger partial charge is 0.352 e. The van der Waals surface area contributed by atoms with Crippen molar-refractivity contribution < 1.29 is 9.18 Å². The van der Waals surface area contributed by atoms with Crippen LogP contribution in [0.2, 0.25) is 0 Å². The number of rotatable bonds is 4. The summed E-state index contributed by atoms with van der Waals surface area (Å²) in [5, 5.41) is 10.2. The summed E-state index contributed by atoms with van der Waals surface area (Å²) >= 11 is 0. The van der Waals surface area contributed by atoms with E-state index in [4.69, 9.17) is 0 Å². The van der Waals surface area contributed by atoms with E-state index in [1.807, 2.05) is 12.1 Å². The van der Waals surface area contributed by atoms with Gasteiger partial charge in [0.25, 0.3) is 5.91 Å². The molecule has 3 aromatic rings. The first-order chi connectivity index (χ1) is 13.6. The van der Waals surface area contributed by atoms with Crippen LogP contribution >= 0.6 is 0 Å². The van der Waals surface area contributed by atoms with Crippen molar-refractivity contribution >= 4 is 17.4 Å². The minimum absolute atomic E-state index is 0.328. The molecule has 7 nitrogen and oxygen atoms in total. The molecule has 0 spiro atoms. The fourth-order valence-corrected chi connectivity index (χ4v) is 3.26. The molecule has 8 heteroatoms. The van der Waals surface area contributed by atoms with E-state index in [9.17, 15) is 9.18 Å². The van der Waals surface area contributed by atoms with E-state index < -0.39 is 0 Å². The van der Waals surface area contributed by atoms with Crippen LogP contribution in [0.5, 0.6) is 0 Å². The number of hydrogen-bond donors (Lipinski definition) is 2. The predicted octanol–water partition coefficient (Wildman–Crippen LogP) is 2.61. The zero-order chi connectivity index (χ0) is 19.5. The SMILES string of the molecule is CN1CCN(c2n[nH]c(C(=O)Nc3ccc(F)cc3)c2-c2ccncc2)CC1. The number of nitrogens with one attached hydrogen (secondary N) is 2. The number of nitrogens with zero attached hydrogens (tertiary/aromatic N) is 4. The maximum Gasteiger partial charge on any atom is 0.274 e. The molecule has 0 radical (unpaired) electrons. The Kier molecular flexibility index (Phi) is 5.03. The second kappa shape index (κ2) is 7.77. The van der Waals surface area contributed by atoms with Gasteiger partial charge in [-0.3, -0.25) is 14.9 Å². The second-order valence-corrected chi connectivity index (χ2v) is 6.78. The van der Waals surface area contributed by atoms with E-state index in [1.54, 1.807) is 12.4 Å². The van der Waals surface area contributed by atoms with Gasteiger partial charge in [-0.15, -0.1) is 0 Å². The Labute approximate surface area is 162 Å². The van der Waals surface area contributed by atoms with E-state index in [0.717, 1.165) is 43.1 Å². The third-order valence-electron chi connectivity index (χ3n) is 4.85. The number of amides is 1. The maximum atomic E-state index is 13.1. The smallest absolute Gasteiger partial charge is 0.274 e. The highest BCUT2D eigenvalue weighted by Gasteiger charge is 2.26. The molecule has 1 fully saturated rings. The quantitative estimate of drug-likeness (QED) is 0.728. The molecule has 1 aliphatic heterocycles. The highest BCUT2D eigenvalue weighted by Crippen LogP contribution is 2.33. The van der Waals surface area contributed by atoms with Gasteiger partial charge in [-0.25, -0.2) is 4.39 Å². The number of anilines is 2. The summed E-state index contributed by atoms with van der Waals surface area (Å²) < 4.78 is 13.1. The molecule has 1 aliphatic rings. The third-order valence-corrected chi connectivity index (χ3v) is 4.85. The lowest BCUT2D eigenvalue weighted by Gasteiger charge is -2.33. The Balaban J connectivity index is 1.68. The Bertz CT molecular complexity index is 949. The van der Waals surface area contributed by atoms with Gasteiger partial charge in [0, 0.05) is 44.3 Å². The average molecular weight is 380 g/mol. The maximum absolute atomic E-state index is 13.1. The molecule has 0 bridgehead atoms. The molecule has 1 saturated heterocycles. The summed E-state index contributed by atoms with van der Waals surface area (Å²) in [6, 6.07) is 9.39. The van der Waals surface area contributed by atoms with Gasteiger partial charge in [0.15, 0.2) is 5.82 Å². The van der Waals surface area contributed by atoms with Crippen LogP contribution in [0.15, 0.2) is 48.8 Å². The van der Waals surface area contributed by atoms with E-state index >= 15 is 0 Å². The molecule has 4 rings (SSSR count). The molecule has 1 aromatic carbocycles. The molecule has 0 saturated carbocycles. The number of carbonyl (C=O) groups is 1. The summed E-state index contributed by atoms with van der Waals surface area (Å²) in [5.41, 5.74) is 2.49. The third kappa shape index (κ3) is 3.72. The fourth-order valence-electron chi connectivity index (χ4n) is 3.26. The topological polar surface area (TPSA) is 77.1 Å². The number of pyridine rings is 1. The summed E-state index contributed by atoms with van der Waals surface area (Å²) in [4.78, 5) is 21.4. The van der Waals surface area contributed by atoms with Gasteiger partial charge >= 0.3 is 0 Å². The summed E-state index contributed by atoms with van der Waals surface area (Å²) in [5.74, 6) is 0.0734. The van der Waals surface area contributed by atoms with Crippen molar-refractivity contribution in [3.63, 3.8) is 0 Å². The molecule has 2 aromatic heterocycles. The van der Waals surface area contributed by atoms with E-state index in [-0.39, 0.29) is 11.7 Å². The van der Waals surface area contributed by atoms with Crippen molar-refractivity contribution in [3.05, 3.63) is 60.3 Å². The van der Waals surface area contributed by atoms with Gasteiger partial charge in [-0.1, -0.05) is 0 Å². The van der Waals surface area contributed by atoms with Gasteiger partial charge in [0.1, 0.15) is 11.5 Å². The predicted molar refractivity (Wildman–Crippen MR) is 106 cm³/mol. The van der Waals surface area contributed by atoms with Crippen molar-refractivity contribution in [1.82, 2.24) is 20.1 Å². The van der Waals surface area contributed by atoms with Gasteiger partial charge in [0.05, 0.1) is 5.56 Å². The van der Waals surface area contributed by atoms with Crippen LogP contribution in [0.3, 0.4) is 0 Å². The Hall–Kier alpha value is -3.26. The number of hydrogen-bond acceptors (Lipinski definition) is 5. The molecule has 28 heavy (non-hydrogen) atoms. The molecular weight excluding hydrogens is 359 g/mol. The fraction of sp³-hybridized carbons (Fsp3) is 0.250. The standard InChI is InChI=1S/C20H21FN6O/c1-26-10-12-27(13-11-26)19-17(14-6-8-22-9-7-14)18(24-25-19)20(28)23-16-4-2-15(21)3-5-16/h2-9H,10-13H2,1H3,(H,23,28)(H,24,25). The number of aromatic nitrogens is 3. The van der Waals surface area contributed by atoms with E-state index in [1.165, 1.54) is 24.3 Å². The second-order valence-electron chi connectivity index (χ2n) is 6.78. The molecule has 144 valence electrons. The normalized spacial score (nSPS) is 14.9. The van der Waals surface area contributed by atoms with Crippen molar-refractivity contribution in [2.75, 3.05) is 43.4 Å². The minimum atomic E-state index is -0.352. The molecule has 2 N–H and O–H groups in total. The van der Waals surface area contributed by atoms with Crippen LogP contribution in [-0.4, -0.2) is 59.2 Å². The summed E-state index contributed by atoms with van der Waals surface area (Å²) in [7, 11) is 2.09. The van der Waals surface area contributed by atoms with Crippen LogP contribution in [0, 0.1) is 5.82 Å². The average Bonchev–Trinajstić information content (AvgIpc) is 3.16. The first-order valence-corrected chi connectivity index (χ1v) is 9.11. The van der Waals surface area contributed by atoms with Crippen LogP contribution in [0.1, 0.15) is 10.5 Å². The molecule has 3 heterocycles. The summed E-state index contributed by atoms with van der Waals surface area (Å²) in [6.07, 6.45) is 3.38. The zero-order valence-electron chi connectivity index (χ0n) is 15.5. The number of likely N-dealkylation sites (N-methyl/N-ethyl adjacent to an activating group) is 1. The summed E-state index contributed by atoms with van der Waals surface area (Å²) in [6.45, 7) is 3.52. The van der Waals surface area contributed by atoms with Gasteiger partial charge in [-0.05, 0) is 49.0 Å².